The second-order valence-electron chi connectivity index (χ2n) is 5.06. The van der Waals surface area contributed by atoms with Crippen LogP contribution in [0, 0.1) is 0 Å². The molecule has 0 amide bonds. The van der Waals surface area contributed by atoms with Gasteiger partial charge in [-0.15, -0.1) is 0 Å². The van der Waals surface area contributed by atoms with Gasteiger partial charge in [0.1, 0.15) is 0 Å². The van der Waals surface area contributed by atoms with E-state index < -0.39 is 0 Å². The van der Waals surface area contributed by atoms with Crippen molar-refractivity contribution in [3.05, 3.63) is 23.7 Å². The van der Waals surface area contributed by atoms with E-state index >= 15 is 0 Å². The fourth-order valence-corrected chi connectivity index (χ4v) is 2.76. The van der Waals surface area contributed by atoms with Crippen LogP contribution in [0.3, 0.4) is 0 Å². The fourth-order valence-electron chi connectivity index (χ4n) is 2.61. The largest absolute Gasteiger partial charge is 0.341 e. The highest BCUT2D eigenvalue weighted by atomic mass is 35.5. The Balaban J connectivity index is 1.89. The van der Waals surface area contributed by atoms with Gasteiger partial charge in [0, 0.05) is 25.5 Å². The number of halogens is 1. The zero-order valence-corrected chi connectivity index (χ0v) is 12.2. The molecule has 106 valence electrons. The molecule has 0 bridgehead atoms. The van der Waals surface area contributed by atoms with Gasteiger partial charge in [-0.3, -0.25) is 0 Å². The quantitative estimate of drug-likeness (QED) is 0.870. The van der Waals surface area contributed by atoms with Gasteiger partial charge in [-0.1, -0.05) is 19.3 Å². The minimum atomic E-state index is 0.197. The molecule has 1 aliphatic rings. The standard InChI is InChI=1S/C13H17ClN6/c1-19(10-6-3-2-4-7-10)12-16-11(14)17-13(18-12)20-9-5-8-15-20/h5,8-10H,2-4,6-7H2,1H3. The maximum absolute atomic E-state index is 6.02. The van der Waals surface area contributed by atoms with Crippen LogP contribution in [-0.2, 0) is 0 Å². The van der Waals surface area contributed by atoms with Gasteiger partial charge in [0.05, 0.1) is 0 Å². The van der Waals surface area contributed by atoms with Crippen molar-refractivity contribution in [2.75, 3.05) is 11.9 Å². The van der Waals surface area contributed by atoms with E-state index in [1.165, 1.54) is 32.1 Å². The lowest BCUT2D eigenvalue weighted by Gasteiger charge is -2.31. The Morgan fingerprint density at radius 3 is 2.70 bits per heavy atom. The molecular weight excluding hydrogens is 276 g/mol. The molecular formula is C13H17ClN6. The van der Waals surface area contributed by atoms with Crippen molar-refractivity contribution in [1.82, 2.24) is 24.7 Å². The first kappa shape index (κ1) is 13.3. The molecule has 0 N–H and O–H groups in total. The summed E-state index contributed by atoms with van der Waals surface area (Å²) in [5, 5.41) is 4.32. The summed E-state index contributed by atoms with van der Waals surface area (Å²) < 4.78 is 1.59. The molecule has 0 atom stereocenters. The molecule has 1 saturated carbocycles. The van der Waals surface area contributed by atoms with Crippen molar-refractivity contribution < 1.29 is 0 Å². The molecule has 3 rings (SSSR count). The van der Waals surface area contributed by atoms with Crippen LogP contribution in [0.5, 0.6) is 0 Å². The van der Waals surface area contributed by atoms with Gasteiger partial charge in [-0.05, 0) is 30.5 Å². The Kier molecular flexibility index (Phi) is 3.82. The van der Waals surface area contributed by atoms with Crippen LogP contribution in [0.1, 0.15) is 32.1 Å². The molecule has 0 saturated heterocycles. The Morgan fingerprint density at radius 2 is 2.00 bits per heavy atom. The van der Waals surface area contributed by atoms with Gasteiger partial charge in [0.25, 0.3) is 5.95 Å². The van der Waals surface area contributed by atoms with Gasteiger partial charge < -0.3 is 4.90 Å². The van der Waals surface area contributed by atoms with Crippen LogP contribution in [0.15, 0.2) is 18.5 Å². The minimum Gasteiger partial charge on any atom is -0.341 e. The summed E-state index contributed by atoms with van der Waals surface area (Å²) >= 11 is 6.02. The van der Waals surface area contributed by atoms with Crippen LogP contribution in [-0.4, -0.2) is 37.8 Å². The molecule has 0 aromatic carbocycles. The molecule has 0 radical (unpaired) electrons. The summed E-state index contributed by atoms with van der Waals surface area (Å²) in [5.41, 5.74) is 0. The predicted octanol–water partition coefficient (Wildman–Crippen LogP) is 2.48. The second-order valence-corrected chi connectivity index (χ2v) is 5.40. The summed E-state index contributed by atoms with van der Waals surface area (Å²) in [6.45, 7) is 0. The van der Waals surface area contributed by atoms with Crippen molar-refractivity contribution in [3.8, 4) is 5.95 Å². The Bertz CT molecular complexity index is 564. The average Bonchev–Trinajstić information content (AvgIpc) is 3.01. The minimum absolute atomic E-state index is 0.197. The van der Waals surface area contributed by atoms with Gasteiger partial charge in [-0.25, -0.2) is 4.68 Å². The van der Waals surface area contributed by atoms with E-state index in [9.17, 15) is 0 Å². The fraction of sp³-hybridized carbons (Fsp3) is 0.538. The van der Waals surface area contributed by atoms with Crippen molar-refractivity contribution >= 4 is 17.5 Å². The highest BCUT2D eigenvalue weighted by molar-refractivity contribution is 6.28. The van der Waals surface area contributed by atoms with Crippen LogP contribution in [0.4, 0.5) is 5.95 Å². The van der Waals surface area contributed by atoms with Crippen molar-refractivity contribution in [1.29, 1.82) is 0 Å². The first-order valence-corrected chi connectivity index (χ1v) is 7.26. The normalized spacial score (nSPS) is 16.3. The van der Waals surface area contributed by atoms with Gasteiger partial charge in [0.2, 0.25) is 11.2 Å². The molecule has 2 heterocycles. The maximum Gasteiger partial charge on any atom is 0.256 e. The van der Waals surface area contributed by atoms with Gasteiger partial charge in [-0.2, -0.15) is 20.1 Å². The van der Waals surface area contributed by atoms with E-state index in [2.05, 4.69) is 25.0 Å². The lowest BCUT2D eigenvalue weighted by molar-refractivity contribution is 0.423. The summed E-state index contributed by atoms with van der Waals surface area (Å²) in [7, 11) is 2.02. The smallest absolute Gasteiger partial charge is 0.256 e. The summed E-state index contributed by atoms with van der Waals surface area (Å²) in [6.07, 6.45) is 9.67. The Labute approximate surface area is 122 Å². The molecule has 0 unspecified atom stereocenters. The van der Waals surface area contributed by atoms with Crippen LogP contribution in [0.2, 0.25) is 5.28 Å². The third kappa shape index (κ3) is 2.75. The summed E-state index contributed by atoms with van der Waals surface area (Å²) in [6, 6.07) is 2.30. The van der Waals surface area contributed by atoms with E-state index in [1.54, 1.807) is 17.1 Å². The second kappa shape index (κ2) is 5.75. The van der Waals surface area contributed by atoms with E-state index in [0.717, 1.165) is 0 Å². The number of aromatic nitrogens is 5. The Morgan fingerprint density at radius 1 is 1.20 bits per heavy atom. The number of rotatable bonds is 3. The van der Waals surface area contributed by atoms with Crippen molar-refractivity contribution in [2.24, 2.45) is 0 Å². The third-order valence-corrected chi connectivity index (χ3v) is 3.90. The lowest BCUT2D eigenvalue weighted by atomic mass is 9.95. The monoisotopic (exact) mass is 292 g/mol. The van der Waals surface area contributed by atoms with Gasteiger partial charge >= 0.3 is 0 Å². The molecule has 2 aromatic rings. The van der Waals surface area contributed by atoms with Gasteiger partial charge in [0.15, 0.2) is 0 Å². The molecule has 1 aliphatic carbocycles. The lowest BCUT2D eigenvalue weighted by Crippen LogP contribution is -2.35. The van der Waals surface area contributed by atoms with Crippen LogP contribution < -0.4 is 4.90 Å². The number of hydrogen-bond acceptors (Lipinski definition) is 5. The number of hydrogen-bond donors (Lipinski definition) is 0. The molecule has 1 fully saturated rings. The van der Waals surface area contributed by atoms with E-state index in [-0.39, 0.29) is 5.28 Å². The molecule has 0 aliphatic heterocycles. The highest BCUT2D eigenvalue weighted by Crippen LogP contribution is 2.24. The summed E-state index contributed by atoms with van der Waals surface area (Å²) in [5.74, 6) is 1.06. The first-order valence-electron chi connectivity index (χ1n) is 6.88. The molecule has 6 nitrogen and oxygen atoms in total. The number of nitrogens with zero attached hydrogens (tertiary/aromatic N) is 6. The van der Waals surface area contributed by atoms with E-state index in [1.807, 2.05) is 13.1 Å². The topological polar surface area (TPSA) is 59.7 Å². The zero-order chi connectivity index (χ0) is 13.9. The Hall–Kier alpha value is -1.69. The molecule has 0 spiro atoms. The zero-order valence-electron chi connectivity index (χ0n) is 11.4. The maximum atomic E-state index is 6.02. The molecule has 7 heteroatoms. The van der Waals surface area contributed by atoms with Crippen molar-refractivity contribution in [2.45, 2.75) is 38.1 Å². The summed E-state index contributed by atoms with van der Waals surface area (Å²) in [4.78, 5) is 14.9. The van der Waals surface area contributed by atoms with Crippen molar-refractivity contribution in [3.63, 3.8) is 0 Å². The van der Waals surface area contributed by atoms with Crippen LogP contribution >= 0.6 is 11.6 Å². The number of anilines is 1. The first-order chi connectivity index (χ1) is 9.74. The molecule has 20 heavy (non-hydrogen) atoms. The van der Waals surface area contributed by atoms with Crippen LogP contribution in [0.25, 0.3) is 5.95 Å². The molecule has 2 aromatic heterocycles. The average molecular weight is 293 g/mol. The predicted molar refractivity (Wildman–Crippen MR) is 77.2 cm³/mol. The van der Waals surface area contributed by atoms with E-state index in [4.69, 9.17) is 11.6 Å². The van der Waals surface area contributed by atoms with E-state index in [0.29, 0.717) is 17.9 Å². The SMILES string of the molecule is CN(c1nc(Cl)nc(-n2cccn2)n1)C1CCCCC1. The third-order valence-electron chi connectivity index (χ3n) is 3.73. The highest BCUT2D eigenvalue weighted by Gasteiger charge is 2.21.